The normalized spacial score (nSPS) is 10.2. The number of carbonyl (C=O) groups is 1. The number of halogens is 2. The van der Waals surface area contributed by atoms with Crippen LogP contribution in [-0.4, -0.2) is 12.6 Å². The molecule has 0 aliphatic rings. The van der Waals surface area contributed by atoms with Crippen molar-refractivity contribution in [3.63, 3.8) is 0 Å². The molecule has 0 radical (unpaired) electrons. The molecule has 0 aromatic heterocycles. The largest absolute Gasteiger partial charge is 0.462 e. The number of nitrogens with one attached hydrogen (secondary N) is 1. The fourth-order valence-electron chi connectivity index (χ4n) is 1.85. The summed E-state index contributed by atoms with van der Waals surface area (Å²) in [5, 5.41) is 3.04. The molecule has 0 unspecified atom stereocenters. The Bertz CT molecular complexity index is 632. The fourth-order valence-corrected chi connectivity index (χ4v) is 2.54. The van der Waals surface area contributed by atoms with E-state index < -0.39 is 11.8 Å². The summed E-state index contributed by atoms with van der Waals surface area (Å²) in [5.41, 5.74) is 1.68. The van der Waals surface area contributed by atoms with Gasteiger partial charge in [0.25, 0.3) is 0 Å². The number of hydrogen-bond acceptors (Lipinski definition) is 3. The number of carbonyl (C=O) groups excluding carboxylic acids is 1. The first-order chi connectivity index (χ1) is 10.1. The van der Waals surface area contributed by atoms with Gasteiger partial charge in [-0.2, -0.15) is 0 Å². The highest BCUT2D eigenvalue weighted by Crippen LogP contribution is 2.24. The van der Waals surface area contributed by atoms with Crippen LogP contribution in [0.1, 0.15) is 22.8 Å². The lowest BCUT2D eigenvalue weighted by atomic mass is 10.2. The number of esters is 1. The van der Waals surface area contributed by atoms with Gasteiger partial charge in [-0.05, 0) is 47.2 Å². The molecule has 0 heterocycles. The predicted octanol–water partition coefficient (Wildman–Crippen LogP) is 4.22. The highest BCUT2D eigenvalue weighted by atomic mass is 127. The second kappa shape index (κ2) is 7.40. The zero-order valence-corrected chi connectivity index (χ0v) is 13.7. The summed E-state index contributed by atoms with van der Waals surface area (Å²) in [7, 11) is 0. The average molecular weight is 399 g/mol. The van der Waals surface area contributed by atoms with Crippen molar-refractivity contribution < 1.29 is 13.9 Å². The van der Waals surface area contributed by atoms with E-state index in [0.717, 1.165) is 5.56 Å². The lowest BCUT2D eigenvalue weighted by Gasteiger charge is -2.11. The molecule has 3 nitrogen and oxygen atoms in total. The first kappa shape index (κ1) is 15.8. The van der Waals surface area contributed by atoms with Crippen molar-refractivity contribution >= 4 is 34.2 Å². The van der Waals surface area contributed by atoms with Crippen LogP contribution in [0.25, 0.3) is 0 Å². The number of anilines is 1. The molecule has 5 heteroatoms. The molecule has 0 aliphatic heterocycles. The lowest BCUT2D eigenvalue weighted by Crippen LogP contribution is -2.10. The van der Waals surface area contributed by atoms with Crippen LogP contribution < -0.4 is 5.32 Å². The van der Waals surface area contributed by atoms with Crippen molar-refractivity contribution in [2.45, 2.75) is 13.5 Å². The Labute approximate surface area is 136 Å². The van der Waals surface area contributed by atoms with Gasteiger partial charge in [-0.15, -0.1) is 0 Å². The van der Waals surface area contributed by atoms with Crippen LogP contribution in [0.4, 0.5) is 10.1 Å². The summed E-state index contributed by atoms with van der Waals surface area (Å²) in [6, 6.07) is 12.9. The summed E-state index contributed by atoms with van der Waals surface area (Å²) >= 11 is 1.82. The van der Waals surface area contributed by atoms with Crippen molar-refractivity contribution in [1.29, 1.82) is 0 Å². The van der Waals surface area contributed by atoms with Crippen LogP contribution in [0.15, 0.2) is 42.5 Å². The average Bonchev–Trinajstić information content (AvgIpc) is 2.50. The van der Waals surface area contributed by atoms with Crippen LogP contribution in [0.3, 0.4) is 0 Å². The number of hydrogen-bond donors (Lipinski definition) is 1. The van der Waals surface area contributed by atoms with Crippen LogP contribution >= 0.6 is 22.6 Å². The predicted molar refractivity (Wildman–Crippen MR) is 88.8 cm³/mol. The SMILES string of the molecule is CCOC(=O)c1ccc(NCc2ccccc2)c(F)c1I. The summed E-state index contributed by atoms with van der Waals surface area (Å²) < 4.78 is 19.5. The first-order valence-corrected chi connectivity index (χ1v) is 7.64. The van der Waals surface area contributed by atoms with Crippen molar-refractivity contribution in [1.82, 2.24) is 0 Å². The van der Waals surface area contributed by atoms with Gasteiger partial charge in [0.1, 0.15) is 0 Å². The van der Waals surface area contributed by atoms with E-state index in [1.165, 1.54) is 0 Å². The molecule has 2 rings (SSSR count). The van der Waals surface area contributed by atoms with Crippen molar-refractivity contribution in [3.05, 3.63) is 63.0 Å². The minimum absolute atomic E-state index is 0.250. The molecule has 1 N–H and O–H groups in total. The van der Waals surface area contributed by atoms with Crippen LogP contribution in [-0.2, 0) is 11.3 Å². The van der Waals surface area contributed by atoms with E-state index in [4.69, 9.17) is 4.74 Å². The molecule has 0 atom stereocenters. The molecular weight excluding hydrogens is 384 g/mol. The van der Waals surface area contributed by atoms with Crippen molar-refractivity contribution in [2.75, 3.05) is 11.9 Å². The third kappa shape index (κ3) is 3.93. The topological polar surface area (TPSA) is 38.3 Å². The lowest BCUT2D eigenvalue weighted by molar-refractivity contribution is 0.0524. The molecule has 0 fully saturated rings. The van der Waals surface area contributed by atoms with Gasteiger partial charge in [-0.25, -0.2) is 9.18 Å². The fraction of sp³-hybridized carbons (Fsp3) is 0.188. The van der Waals surface area contributed by atoms with Gasteiger partial charge in [-0.1, -0.05) is 30.3 Å². The third-order valence-electron chi connectivity index (χ3n) is 2.90. The Balaban J connectivity index is 2.15. The number of rotatable bonds is 5. The summed E-state index contributed by atoms with van der Waals surface area (Å²) in [5.74, 6) is -0.938. The third-order valence-corrected chi connectivity index (χ3v) is 3.96. The van der Waals surface area contributed by atoms with Crippen LogP contribution in [0.5, 0.6) is 0 Å². The molecule has 2 aromatic carbocycles. The van der Waals surface area contributed by atoms with Gasteiger partial charge in [0.05, 0.1) is 21.4 Å². The Morgan fingerprint density at radius 2 is 1.95 bits per heavy atom. The standard InChI is InChI=1S/C16H15FINO2/c1-2-21-16(20)12-8-9-13(14(17)15(12)18)19-10-11-6-4-3-5-7-11/h3-9,19H,2,10H2,1H3. The van der Waals surface area contributed by atoms with E-state index in [1.807, 2.05) is 52.9 Å². The molecule has 21 heavy (non-hydrogen) atoms. The molecular formula is C16H15FINO2. The summed E-state index contributed by atoms with van der Waals surface area (Å²) in [6.45, 7) is 2.51. The second-order valence-corrected chi connectivity index (χ2v) is 5.43. The van der Waals surface area contributed by atoms with Gasteiger partial charge in [0, 0.05) is 6.54 Å². The van der Waals surface area contributed by atoms with E-state index in [2.05, 4.69) is 5.32 Å². The number of ether oxygens (including phenoxy) is 1. The Morgan fingerprint density at radius 3 is 2.62 bits per heavy atom. The Morgan fingerprint density at radius 1 is 1.24 bits per heavy atom. The molecule has 2 aromatic rings. The monoisotopic (exact) mass is 399 g/mol. The molecule has 0 amide bonds. The minimum Gasteiger partial charge on any atom is -0.462 e. The quantitative estimate of drug-likeness (QED) is 0.605. The highest BCUT2D eigenvalue weighted by Gasteiger charge is 2.17. The van der Waals surface area contributed by atoms with Crippen molar-refractivity contribution in [2.24, 2.45) is 0 Å². The molecule has 0 saturated heterocycles. The summed E-state index contributed by atoms with van der Waals surface area (Å²) in [6.07, 6.45) is 0. The van der Waals surface area contributed by atoms with Gasteiger partial charge < -0.3 is 10.1 Å². The van der Waals surface area contributed by atoms with Crippen molar-refractivity contribution in [3.8, 4) is 0 Å². The maximum absolute atomic E-state index is 14.3. The van der Waals surface area contributed by atoms with Gasteiger partial charge >= 0.3 is 5.97 Å². The van der Waals surface area contributed by atoms with E-state index in [0.29, 0.717) is 12.2 Å². The minimum atomic E-state index is -0.504. The van der Waals surface area contributed by atoms with Gasteiger partial charge in [-0.3, -0.25) is 0 Å². The van der Waals surface area contributed by atoms with E-state index in [9.17, 15) is 9.18 Å². The van der Waals surface area contributed by atoms with Gasteiger partial charge in [0.15, 0.2) is 5.82 Å². The molecule has 0 bridgehead atoms. The smallest absolute Gasteiger partial charge is 0.339 e. The molecule has 110 valence electrons. The number of benzene rings is 2. The summed E-state index contributed by atoms with van der Waals surface area (Å²) in [4.78, 5) is 11.7. The maximum Gasteiger partial charge on any atom is 0.339 e. The van der Waals surface area contributed by atoms with Gasteiger partial charge in [0.2, 0.25) is 0 Å². The van der Waals surface area contributed by atoms with Crippen LogP contribution in [0.2, 0.25) is 0 Å². The molecule has 0 spiro atoms. The molecule has 0 saturated carbocycles. The first-order valence-electron chi connectivity index (χ1n) is 6.56. The highest BCUT2D eigenvalue weighted by molar-refractivity contribution is 14.1. The van der Waals surface area contributed by atoms with E-state index >= 15 is 0 Å². The zero-order valence-electron chi connectivity index (χ0n) is 11.5. The maximum atomic E-state index is 14.3. The second-order valence-electron chi connectivity index (χ2n) is 4.35. The molecule has 0 aliphatic carbocycles. The van der Waals surface area contributed by atoms with E-state index in [1.54, 1.807) is 19.1 Å². The van der Waals surface area contributed by atoms with E-state index in [-0.39, 0.29) is 15.7 Å². The Hall–Kier alpha value is -1.63. The Kier molecular flexibility index (Phi) is 5.55. The van der Waals surface area contributed by atoms with Crippen LogP contribution in [0, 0.1) is 9.39 Å². The zero-order chi connectivity index (χ0) is 15.2.